The molecular weight excluding hydrogens is 234 g/mol. The van der Waals surface area contributed by atoms with Crippen molar-refractivity contribution in [1.82, 2.24) is 4.98 Å². The Morgan fingerprint density at radius 2 is 2.18 bits per heavy atom. The first-order valence-electron chi connectivity index (χ1n) is 5.59. The second-order valence-corrected chi connectivity index (χ2v) is 4.79. The van der Waals surface area contributed by atoms with Crippen molar-refractivity contribution in [3.8, 4) is 0 Å². The van der Waals surface area contributed by atoms with E-state index in [1.165, 1.54) is 0 Å². The first kappa shape index (κ1) is 12.1. The molecule has 0 bridgehead atoms. The Morgan fingerprint density at radius 1 is 1.41 bits per heavy atom. The molecular formula is C13H16ClN3. The summed E-state index contributed by atoms with van der Waals surface area (Å²) >= 11 is 5.96. The normalized spacial score (nSPS) is 12.7. The molecule has 0 amide bonds. The number of pyridine rings is 1. The molecule has 0 spiro atoms. The standard InChI is InChI=1S/C13H16ClN3/c1-9(15)8-17(2)13-5-6-16-12-7-10(14)3-4-11(12)13/h3-7,9H,8,15H2,1-2H3. The molecule has 2 rings (SSSR count). The zero-order valence-electron chi connectivity index (χ0n) is 10.0. The summed E-state index contributed by atoms with van der Waals surface area (Å²) < 4.78 is 0. The lowest BCUT2D eigenvalue weighted by Crippen LogP contribution is -2.32. The van der Waals surface area contributed by atoms with E-state index in [4.69, 9.17) is 17.3 Å². The van der Waals surface area contributed by atoms with E-state index in [-0.39, 0.29) is 6.04 Å². The van der Waals surface area contributed by atoms with Gasteiger partial charge in [0, 0.05) is 41.9 Å². The number of nitrogens with two attached hydrogens (primary N) is 1. The summed E-state index contributed by atoms with van der Waals surface area (Å²) in [6.07, 6.45) is 1.80. The number of aromatic nitrogens is 1. The van der Waals surface area contributed by atoms with Gasteiger partial charge in [0.25, 0.3) is 0 Å². The van der Waals surface area contributed by atoms with Crippen molar-refractivity contribution in [2.24, 2.45) is 5.73 Å². The van der Waals surface area contributed by atoms with Crippen molar-refractivity contribution < 1.29 is 0 Å². The number of rotatable bonds is 3. The second kappa shape index (κ2) is 4.90. The Labute approximate surface area is 106 Å². The summed E-state index contributed by atoms with van der Waals surface area (Å²) in [5.74, 6) is 0. The van der Waals surface area contributed by atoms with Crippen LogP contribution in [0.1, 0.15) is 6.92 Å². The molecule has 2 N–H and O–H groups in total. The van der Waals surface area contributed by atoms with Crippen LogP contribution in [0.25, 0.3) is 10.9 Å². The summed E-state index contributed by atoms with van der Waals surface area (Å²) in [5, 5.41) is 1.80. The van der Waals surface area contributed by atoms with Crippen molar-refractivity contribution >= 4 is 28.2 Å². The third-order valence-electron chi connectivity index (χ3n) is 2.65. The quantitative estimate of drug-likeness (QED) is 0.910. The fourth-order valence-corrected chi connectivity index (χ4v) is 2.14. The van der Waals surface area contributed by atoms with E-state index in [0.717, 1.165) is 23.1 Å². The number of hydrogen-bond donors (Lipinski definition) is 1. The van der Waals surface area contributed by atoms with Gasteiger partial charge in [-0.3, -0.25) is 4.98 Å². The van der Waals surface area contributed by atoms with E-state index in [0.29, 0.717) is 5.02 Å². The topological polar surface area (TPSA) is 42.1 Å². The van der Waals surface area contributed by atoms with Crippen molar-refractivity contribution in [3.63, 3.8) is 0 Å². The van der Waals surface area contributed by atoms with Crippen LogP contribution in [0, 0.1) is 0 Å². The molecule has 0 saturated carbocycles. The Morgan fingerprint density at radius 3 is 2.88 bits per heavy atom. The first-order valence-corrected chi connectivity index (χ1v) is 5.96. The number of anilines is 1. The minimum absolute atomic E-state index is 0.135. The fraction of sp³-hybridized carbons (Fsp3) is 0.308. The smallest absolute Gasteiger partial charge is 0.0737 e. The zero-order chi connectivity index (χ0) is 12.4. The number of nitrogens with zero attached hydrogens (tertiary/aromatic N) is 2. The lowest BCUT2D eigenvalue weighted by atomic mass is 10.1. The van der Waals surface area contributed by atoms with Crippen molar-refractivity contribution in [1.29, 1.82) is 0 Å². The van der Waals surface area contributed by atoms with Crippen molar-refractivity contribution in [2.45, 2.75) is 13.0 Å². The van der Waals surface area contributed by atoms with E-state index in [1.807, 2.05) is 38.2 Å². The van der Waals surface area contributed by atoms with Gasteiger partial charge in [-0.1, -0.05) is 11.6 Å². The van der Waals surface area contributed by atoms with Gasteiger partial charge in [-0.25, -0.2) is 0 Å². The minimum Gasteiger partial charge on any atom is -0.372 e. The molecule has 1 heterocycles. The Bertz CT molecular complexity index is 525. The average molecular weight is 250 g/mol. The second-order valence-electron chi connectivity index (χ2n) is 4.35. The molecule has 1 atom stereocenters. The minimum atomic E-state index is 0.135. The predicted octanol–water partition coefficient (Wildman–Crippen LogP) is 2.67. The molecule has 90 valence electrons. The number of benzene rings is 1. The maximum Gasteiger partial charge on any atom is 0.0737 e. The summed E-state index contributed by atoms with van der Waals surface area (Å²) in [6.45, 7) is 2.80. The van der Waals surface area contributed by atoms with Crippen LogP contribution in [-0.4, -0.2) is 24.6 Å². The molecule has 17 heavy (non-hydrogen) atoms. The lowest BCUT2D eigenvalue weighted by Gasteiger charge is -2.22. The van der Waals surface area contributed by atoms with Crippen LogP contribution in [0.15, 0.2) is 30.5 Å². The molecule has 1 aromatic carbocycles. The third kappa shape index (κ3) is 2.68. The van der Waals surface area contributed by atoms with Crippen LogP contribution < -0.4 is 10.6 Å². The Kier molecular flexibility index (Phi) is 3.50. The van der Waals surface area contributed by atoms with E-state index < -0.39 is 0 Å². The van der Waals surface area contributed by atoms with Gasteiger partial charge in [0.2, 0.25) is 0 Å². The molecule has 0 radical (unpaired) electrons. The van der Waals surface area contributed by atoms with Gasteiger partial charge < -0.3 is 10.6 Å². The monoisotopic (exact) mass is 249 g/mol. The van der Waals surface area contributed by atoms with E-state index in [1.54, 1.807) is 6.20 Å². The largest absolute Gasteiger partial charge is 0.372 e. The number of hydrogen-bond acceptors (Lipinski definition) is 3. The fourth-order valence-electron chi connectivity index (χ4n) is 1.97. The molecule has 4 heteroatoms. The zero-order valence-corrected chi connectivity index (χ0v) is 10.8. The molecule has 0 fully saturated rings. The number of halogens is 1. The van der Waals surface area contributed by atoms with Gasteiger partial charge in [-0.05, 0) is 31.2 Å². The third-order valence-corrected chi connectivity index (χ3v) is 2.89. The highest BCUT2D eigenvalue weighted by atomic mass is 35.5. The molecule has 0 aliphatic rings. The lowest BCUT2D eigenvalue weighted by molar-refractivity contribution is 0.719. The van der Waals surface area contributed by atoms with E-state index in [9.17, 15) is 0 Å². The first-order chi connectivity index (χ1) is 8.08. The molecule has 3 nitrogen and oxygen atoms in total. The summed E-state index contributed by atoms with van der Waals surface area (Å²) in [5.41, 5.74) is 7.86. The molecule has 0 saturated heterocycles. The summed E-state index contributed by atoms with van der Waals surface area (Å²) in [4.78, 5) is 6.46. The van der Waals surface area contributed by atoms with Crippen molar-refractivity contribution in [2.75, 3.05) is 18.5 Å². The molecule has 2 aromatic rings. The van der Waals surface area contributed by atoms with Crippen LogP contribution in [0.2, 0.25) is 5.02 Å². The van der Waals surface area contributed by atoms with Crippen LogP contribution in [0.5, 0.6) is 0 Å². The van der Waals surface area contributed by atoms with Crippen molar-refractivity contribution in [3.05, 3.63) is 35.5 Å². The van der Waals surface area contributed by atoms with Gasteiger partial charge in [-0.15, -0.1) is 0 Å². The highest BCUT2D eigenvalue weighted by Gasteiger charge is 2.08. The number of fused-ring (bicyclic) bond motifs is 1. The highest BCUT2D eigenvalue weighted by Crippen LogP contribution is 2.26. The number of likely N-dealkylation sites (N-methyl/N-ethyl adjacent to an activating group) is 1. The average Bonchev–Trinajstić information content (AvgIpc) is 2.26. The highest BCUT2D eigenvalue weighted by molar-refractivity contribution is 6.31. The van der Waals surface area contributed by atoms with Gasteiger partial charge >= 0.3 is 0 Å². The molecule has 0 aliphatic carbocycles. The molecule has 1 aromatic heterocycles. The van der Waals surface area contributed by atoms with Gasteiger partial charge in [0.1, 0.15) is 0 Å². The molecule has 1 unspecified atom stereocenters. The maximum absolute atomic E-state index is 5.96. The Balaban J connectivity index is 2.47. The van der Waals surface area contributed by atoms with Crippen LogP contribution >= 0.6 is 11.6 Å². The summed E-state index contributed by atoms with van der Waals surface area (Å²) in [6, 6.07) is 7.89. The SMILES string of the molecule is CC(N)CN(C)c1ccnc2cc(Cl)ccc12. The van der Waals surface area contributed by atoms with Gasteiger partial charge in [-0.2, -0.15) is 0 Å². The summed E-state index contributed by atoms with van der Waals surface area (Å²) in [7, 11) is 2.03. The van der Waals surface area contributed by atoms with Gasteiger partial charge in [0.15, 0.2) is 0 Å². The predicted molar refractivity (Wildman–Crippen MR) is 73.7 cm³/mol. The van der Waals surface area contributed by atoms with Gasteiger partial charge in [0.05, 0.1) is 5.52 Å². The molecule has 0 aliphatic heterocycles. The van der Waals surface area contributed by atoms with Crippen LogP contribution in [0.3, 0.4) is 0 Å². The van der Waals surface area contributed by atoms with E-state index >= 15 is 0 Å². The Hall–Kier alpha value is -1.32. The van der Waals surface area contributed by atoms with Crippen LogP contribution in [0.4, 0.5) is 5.69 Å². The van der Waals surface area contributed by atoms with Crippen LogP contribution in [-0.2, 0) is 0 Å². The maximum atomic E-state index is 5.96. The van der Waals surface area contributed by atoms with E-state index in [2.05, 4.69) is 9.88 Å².